The number of hydrogen-bond acceptors (Lipinski definition) is 1. The smallest absolute Gasteiger partial charge is 0.111 e. The molecule has 13 heavy (non-hydrogen) atoms. The van der Waals surface area contributed by atoms with Crippen molar-refractivity contribution >= 4 is 21.4 Å². The van der Waals surface area contributed by atoms with Crippen LogP contribution in [-0.2, 0) is 0 Å². The summed E-state index contributed by atoms with van der Waals surface area (Å²) in [6.07, 6.45) is 1.39. The highest BCUT2D eigenvalue weighted by Gasteiger charge is 1.98. The highest BCUT2D eigenvalue weighted by atomic mass is 32.1. The molecule has 0 atom stereocenters. The molecule has 2 heteroatoms. The Hall–Kier alpha value is -1.33. The molecule has 0 aliphatic heterocycles. The molecule has 63 valence electrons. The van der Waals surface area contributed by atoms with Crippen molar-refractivity contribution in [2.75, 3.05) is 0 Å². The fraction of sp³-hybridized carbons (Fsp3) is 0. The molecule has 0 aliphatic rings. The highest BCUT2D eigenvalue weighted by molar-refractivity contribution is 7.19. The van der Waals surface area contributed by atoms with Gasteiger partial charge in [0.1, 0.15) is 6.17 Å². The van der Waals surface area contributed by atoms with Gasteiger partial charge in [0.2, 0.25) is 0 Å². The van der Waals surface area contributed by atoms with Gasteiger partial charge in [-0.05, 0) is 42.5 Å². The SMILES string of the molecule is [CH2]c1cc2cc(C#CF)ccc2s1. The number of benzene rings is 1. The predicted octanol–water partition coefficient (Wildman–Crippen LogP) is 3.36. The van der Waals surface area contributed by atoms with Crippen molar-refractivity contribution in [2.24, 2.45) is 0 Å². The largest absolute Gasteiger partial charge is 0.144 e. The first-order valence-electron chi connectivity index (χ1n) is 3.77. The van der Waals surface area contributed by atoms with Crippen LogP contribution in [0.25, 0.3) is 10.1 Å². The summed E-state index contributed by atoms with van der Waals surface area (Å²) < 4.78 is 12.9. The average molecular weight is 189 g/mol. The Morgan fingerprint density at radius 3 is 2.92 bits per heavy atom. The summed E-state index contributed by atoms with van der Waals surface area (Å²) in [7, 11) is 0. The molecule has 0 unspecified atom stereocenters. The molecular formula is C11H6FS. The Bertz CT molecular complexity index is 500. The normalized spacial score (nSPS) is 9.69. The zero-order valence-corrected chi connectivity index (χ0v) is 7.62. The van der Waals surface area contributed by atoms with Crippen molar-refractivity contribution in [3.8, 4) is 12.1 Å². The lowest BCUT2D eigenvalue weighted by molar-refractivity contribution is 0.774. The molecule has 0 spiro atoms. The summed E-state index contributed by atoms with van der Waals surface area (Å²) >= 11 is 1.63. The number of halogens is 1. The van der Waals surface area contributed by atoms with Crippen molar-refractivity contribution < 1.29 is 4.39 Å². The van der Waals surface area contributed by atoms with Crippen molar-refractivity contribution in [1.29, 1.82) is 0 Å². The zero-order valence-electron chi connectivity index (χ0n) is 6.80. The monoisotopic (exact) mass is 189 g/mol. The molecule has 0 N–H and O–H groups in total. The molecule has 1 radical (unpaired) electrons. The van der Waals surface area contributed by atoms with Crippen LogP contribution in [0, 0.1) is 19.0 Å². The van der Waals surface area contributed by atoms with E-state index in [-0.39, 0.29) is 0 Å². The van der Waals surface area contributed by atoms with Crippen LogP contribution in [0.3, 0.4) is 0 Å². The Balaban J connectivity index is 2.65. The van der Waals surface area contributed by atoms with Crippen LogP contribution < -0.4 is 0 Å². The lowest BCUT2D eigenvalue weighted by Crippen LogP contribution is -1.70. The molecule has 2 rings (SSSR count). The van der Waals surface area contributed by atoms with Crippen molar-refractivity contribution in [3.63, 3.8) is 0 Å². The first kappa shape index (κ1) is 8.28. The van der Waals surface area contributed by atoms with Crippen molar-refractivity contribution in [3.05, 3.63) is 41.6 Å². The number of rotatable bonds is 0. The summed E-state index contributed by atoms with van der Waals surface area (Å²) in [5.74, 6) is 2.38. The maximum absolute atomic E-state index is 11.7. The molecule has 0 aliphatic carbocycles. The second kappa shape index (κ2) is 3.20. The summed E-state index contributed by atoms with van der Waals surface area (Å²) in [5.41, 5.74) is 0.702. The molecule has 0 nitrogen and oxygen atoms in total. The van der Waals surface area contributed by atoms with E-state index in [9.17, 15) is 4.39 Å². The van der Waals surface area contributed by atoms with E-state index >= 15 is 0 Å². The number of hydrogen-bond donors (Lipinski definition) is 0. The summed E-state index contributed by atoms with van der Waals surface area (Å²) in [4.78, 5) is 1.01. The summed E-state index contributed by atoms with van der Waals surface area (Å²) in [6, 6.07) is 7.59. The van der Waals surface area contributed by atoms with Crippen LogP contribution in [0.4, 0.5) is 4.39 Å². The van der Waals surface area contributed by atoms with E-state index < -0.39 is 0 Å². The second-order valence-electron chi connectivity index (χ2n) is 2.68. The van der Waals surface area contributed by atoms with Crippen LogP contribution in [0.2, 0.25) is 0 Å². The summed E-state index contributed by atoms with van der Waals surface area (Å²) in [6.45, 7) is 3.84. The van der Waals surface area contributed by atoms with Gasteiger partial charge in [-0.15, -0.1) is 15.7 Å². The van der Waals surface area contributed by atoms with Crippen LogP contribution in [0.5, 0.6) is 0 Å². The predicted molar refractivity (Wildman–Crippen MR) is 54.3 cm³/mol. The van der Waals surface area contributed by atoms with Gasteiger partial charge in [0.15, 0.2) is 0 Å². The van der Waals surface area contributed by atoms with Gasteiger partial charge in [-0.25, -0.2) is 0 Å². The molecule has 2 aromatic rings. The standard InChI is InChI=1S/C11H6FS/c1-8-6-10-7-9(4-5-12)2-3-11(10)13-8/h2-3,6-7H,1H2. The molecule has 0 amide bonds. The van der Waals surface area contributed by atoms with Crippen LogP contribution >= 0.6 is 11.3 Å². The number of fused-ring (bicyclic) bond motifs is 1. The first-order valence-corrected chi connectivity index (χ1v) is 4.58. The lowest BCUT2D eigenvalue weighted by atomic mass is 10.2. The first-order chi connectivity index (χ1) is 6.29. The third-order valence-electron chi connectivity index (χ3n) is 1.76. The molecule has 1 heterocycles. The zero-order chi connectivity index (χ0) is 9.26. The van der Waals surface area contributed by atoms with Gasteiger partial charge in [-0.2, -0.15) is 0 Å². The third-order valence-corrected chi connectivity index (χ3v) is 2.73. The van der Waals surface area contributed by atoms with E-state index in [0.29, 0.717) is 5.56 Å². The van der Waals surface area contributed by atoms with E-state index in [1.807, 2.05) is 24.3 Å². The Morgan fingerprint density at radius 1 is 1.31 bits per heavy atom. The minimum atomic E-state index is 0.702. The molecule has 1 aromatic carbocycles. The van der Waals surface area contributed by atoms with Gasteiger partial charge >= 0.3 is 0 Å². The minimum absolute atomic E-state index is 0.702. The van der Waals surface area contributed by atoms with Crippen molar-refractivity contribution in [2.45, 2.75) is 0 Å². The third kappa shape index (κ3) is 1.56. The maximum Gasteiger partial charge on any atom is 0.111 e. The van der Waals surface area contributed by atoms with Crippen LogP contribution in [0.1, 0.15) is 10.4 Å². The molecule has 1 aromatic heterocycles. The van der Waals surface area contributed by atoms with E-state index in [0.717, 1.165) is 15.0 Å². The molecule has 0 saturated carbocycles. The van der Waals surface area contributed by atoms with Crippen LogP contribution in [0.15, 0.2) is 24.3 Å². The fourth-order valence-corrected chi connectivity index (χ4v) is 2.07. The minimum Gasteiger partial charge on any atom is -0.144 e. The average Bonchev–Trinajstić information content (AvgIpc) is 2.44. The van der Waals surface area contributed by atoms with Gasteiger partial charge in [-0.1, -0.05) is 0 Å². The van der Waals surface area contributed by atoms with Gasteiger partial charge in [0.05, 0.1) is 0 Å². The van der Waals surface area contributed by atoms with Crippen LogP contribution in [-0.4, -0.2) is 0 Å². The topological polar surface area (TPSA) is 0 Å². The van der Waals surface area contributed by atoms with E-state index in [1.165, 1.54) is 6.17 Å². The molecule has 0 saturated heterocycles. The van der Waals surface area contributed by atoms with E-state index in [2.05, 4.69) is 12.8 Å². The van der Waals surface area contributed by atoms with Gasteiger partial charge in [-0.3, -0.25) is 0 Å². The van der Waals surface area contributed by atoms with Gasteiger partial charge in [0, 0.05) is 15.1 Å². The van der Waals surface area contributed by atoms with E-state index in [1.54, 1.807) is 11.3 Å². The lowest BCUT2D eigenvalue weighted by Gasteiger charge is -1.89. The highest BCUT2D eigenvalue weighted by Crippen LogP contribution is 2.25. The Morgan fingerprint density at radius 2 is 2.15 bits per heavy atom. The molecular weight excluding hydrogens is 183 g/mol. The fourth-order valence-electron chi connectivity index (χ4n) is 1.23. The van der Waals surface area contributed by atoms with Gasteiger partial charge < -0.3 is 0 Å². The van der Waals surface area contributed by atoms with Crippen molar-refractivity contribution in [1.82, 2.24) is 0 Å². The maximum atomic E-state index is 11.7. The number of thiophene rings is 1. The quantitative estimate of drug-likeness (QED) is 0.557. The van der Waals surface area contributed by atoms with E-state index in [4.69, 9.17) is 0 Å². The Labute approximate surface area is 80.0 Å². The second-order valence-corrected chi connectivity index (χ2v) is 3.85. The van der Waals surface area contributed by atoms with Gasteiger partial charge in [0.25, 0.3) is 0 Å². The molecule has 0 bridgehead atoms. The Kier molecular flexibility index (Phi) is 2.03. The molecule has 0 fully saturated rings. The summed E-state index contributed by atoms with van der Waals surface area (Å²) in [5, 5.41) is 1.08.